The summed E-state index contributed by atoms with van der Waals surface area (Å²) in [6, 6.07) is 8.15. The largest absolute Gasteiger partial charge is 0.378 e. The van der Waals surface area contributed by atoms with Crippen LogP contribution in [-0.4, -0.2) is 37.2 Å². The SMILES string of the molecule is Cc1cccc(CNC(=O)N2CCOCC2)c1. The number of ether oxygens (including phenoxy) is 1. The predicted octanol–water partition coefficient (Wildman–Crippen LogP) is 1.54. The smallest absolute Gasteiger partial charge is 0.317 e. The number of rotatable bonds is 2. The van der Waals surface area contributed by atoms with Crippen molar-refractivity contribution in [3.8, 4) is 0 Å². The first-order valence-corrected chi connectivity index (χ1v) is 5.92. The van der Waals surface area contributed by atoms with Crippen LogP contribution in [0.4, 0.5) is 4.79 Å². The molecule has 0 spiro atoms. The molecule has 1 aromatic rings. The summed E-state index contributed by atoms with van der Waals surface area (Å²) in [6.07, 6.45) is 0. The van der Waals surface area contributed by atoms with Crippen molar-refractivity contribution in [1.29, 1.82) is 0 Å². The van der Waals surface area contributed by atoms with E-state index in [-0.39, 0.29) is 6.03 Å². The van der Waals surface area contributed by atoms with Crippen LogP contribution in [0.25, 0.3) is 0 Å². The number of morpholine rings is 1. The van der Waals surface area contributed by atoms with E-state index in [0.29, 0.717) is 32.8 Å². The molecule has 4 heteroatoms. The normalized spacial score (nSPS) is 15.7. The van der Waals surface area contributed by atoms with E-state index >= 15 is 0 Å². The van der Waals surface area contributed by atoms with E-state index in [1.807, 2.05) is 25.1 Å². The highest BCUT2D eigenvalue weighted by atomic mass is 16.5. The van der Waals surface area contributed by atoms with Gasteiger partial charge in [-0.05, 0) is 12.5 Å². The second kappa shape index (κ2) is 5.68. The summed E-state index contributed by atoms with van der Waals surface area (Å²) >= 11 is 0. The van der Waals surface area contributed by atoms with Crippen LogP contribution in [0.3, 0.4) is 0 Å². The summed E-state index contributed by atoms with van der Waals surface area (Å²) in [7, 11) is 0. The van der Waals surface area contributed by atoms with Gasteiger partial charge in [-0.1, -0.05) is 29.8 Å². The molecule has 4 nitrogen and oxygen atoms in total. The lowest BCUT2D eigenvalue weighted by molar-refractivity contribution is 0.0531. The topological polar surface area (TPSA) is 41.6 Å². The first-order chi connectivity index (χ1) is 8.25. The molecular formula is C13H18N2O2. The Balaban J connectivity index is 1.83. The molecule has 0 aromatic heterocycles. The number of hydrogen-bond donors (Lipinski definition) is 1. The maximum Gasteiger partial charge on any atom is 0.317 e. The van der Waals surface area contributed by atoms with Gasteiger partial charge in [0.25, 0.3) is 0 Å². The fourth-order valence-electron chi connectivity index (χ4n) is 1.88. The summed E-state index contributed by atoms with van der Waals surface area (Å²) < 4.78 is 5.21. The summed E-state index contributed by atoms with van der Waals surface area (Å²) in [5.41, 5.74) is 2.34. The molecule has 2 amide bonds. The predicted molar refractivity (Wildman–Crippen MR) is 65.8 cm³/mol. The molecule has 1 aliphatic rings. The molecule has 1 heterocycles. The Labute approximate surface area is 102 Å². The Hall–Kier alpha value is -1.55. The zero-order chi connectivity index (χ0) is 12.1. The summed E-state index contributed by atoms with van der Waals surface area (Å²) in [4.78, 5) is 13.6. The van der Waals surface area contributed by atoms with Crippen LogP contribution < -0.4 is 5.32 Å². The van der Waals surface area contributed by atoms with Gasteiger partial charge in [-0.2, -0.15) is 0 Å². The van der Waals surface area contributed by atoms with Crippen LogP contribution in [0, 0.1) is 6.92 Å². The summed E-state index contributed by atoms with van der Waals surface area (Å²) in [6.45, 7) is 5.26. The number of nitrogens with zero attached hydrogens (tertiary/aromatic N) is 1. The lowest BCUT2D eigenvalue weighted by Gasteiger charge is -2.26. The van der Waals surface area contributed by atoms with Crippen molar-refractivity contribution in [1.82, 2.24) is 10.2 Å². The number of carbonyl (C=O) groups excluding carboxylic acids is 1. The Kier molecular flexibility index (Phi) is 3.98. The monoisotopic (exact) mass is 234 g/mol. The standard InChI is InChI=1S/C13H18N2O2/c1-11-3-2-4-12(9-11)10-14-13(16)15-5-7-17-8-6-15/h2-4,9H,5-8,10H2,1H3,(H,14,16). The minimum atomic E-state index is -0.00481. The van der Waals surface area contributed by atoms with Crippen LogP contribution >= 0.6 is 0 Å². The lowest BCUT2D eigenvalue weighted by atomic mass is 10.1. The van der Waals surface area contributed by atoms with E-state index in [0.717, 1.165) is 5.56 Å². The maximum absolute atomic E-state index is 11.8. The molecule has 0 bridgehead atoms. The summed E-state index contributed by atoms with van der Waals surface area (Å²) in [5, 5.41) is 2.93. The van der Waals surface area contributed by atoms with Crippen LogP contribution in [0.15, 0.2) is 24.3 Å². The van der Waals surface area contributed by atoms with Gasteiger partial charge >= 0.3 is 6.03 Å². The molecule has 1 aromatic carbocycles. The highest BCUT2D eigenvalue weighted by molar-refractivity contribution is 5.74. The third-order valence-electron chi connectivity index (χ3n) is 2.82. The number of urea groups is 1. The van der Waals surface area contributed by atoms with Crippen LogP contribution in [0.1, 0.15) is 11.1 Å². The minimum Gasteiger partial charge on any atom is -0.378 e. The number of nitrogens with one attached hydrogen (secondary N) is 1. The van der Waals surface area contributed by atoms with Crippen molar-refractivity contribution in [3.63, 3.8) is 0 Å². The van der Waals surface area contributed by atoms with E-state index in [1.165, 1.54) is 5.56 Å². The number of aryl methyl sites for hydroxylation is 1. The molecular weight excluding hydrogens is 216 g/mol. The van der Waals surface area contributed by atoms with Crippen molar-refractivity contribution in [2.45, 2.75) is 13.5 Å². The van der Waals surface area contributed by atoms with E-state index in [2.05, 4.69) is 11.4 Å². The van der Waals surface area contributed by atoms with E-state index in [1.54, 1.807) is 4.90 Å². The van der Waals surface area contributed by atoms with Gasteiger partial charge in [0.05, 0.1) is 13.2 Å². The molecule has 0 unspecified atom stereocenters. The Morgan fingerprint density at radius 3 is 2.88 bits per heavy atom. The van der Waals surface area contributed by atoms with Gasteiger partial charge < -0.3 is 15.0 Å². The van der Waals surface area contributed by atoms with Crippen molar-refractivity contribution in [2.24, 2.45) is 0 Å². The quantitative estimate of drug-likeness (QED) is 0.843. The first kappa shape index (κ1) is 11.9. The zero-order valence-corrected chi connectivity index (χ0v) is 10.1. The molecule has 2 rings (SSSR count). The van der Waals surface area contributed by atoms with Crippen molar-refractivity contribution in [3.05, 3.63) is 35.4 Å². The van der Waals surface area contributed by atoms with Gasteiger partial charge in [0, 0.05) is 19.6 Å². The number of benzene rings is 1. The van der Waals surface area contributed by atoms with E-state index in [9.17, 15) is 4.79 Å². The highest BCUT2D eigenvalue weighted by Crippen LogP contribution is 2.04. The van der Waals surface area contributed by atoms with Gasteiger partial charge in [0.15, 0.2) is 0 Å². The fourth-order valence-corrected chi connectivity index (χ4v) is 1.88. The van der Waals surface area contributed by atoms with Gasteiger partial charge in [0.2, 0.25) is 0 Å². The lowest BCUT2D eigenvalue weighted by Crippen LogP contribution is -2.45. The van der Waals surface area contributed by atoms with Crippen molar-refractivity contribution < 1.29 is 9.53 Å². The third-order valence-corrected chi connectivity index (χ3v) is 2.82. The average molecular weight is 234 g/mol. The van der Waals surface area contributed by atoms with Crippen LogP contribution in [0.2, 0.25) is 0 Å². The average Bonchev–Trinajstić information content (AvgIpc) is 2.37. The van der Waals surface area contributed by atoms with E-state index < -0.39 is 0 Å². The molecule has 0 atom stereocenters. The number of hydrogen-bond acceptors (Lipinski definition) is 2. The second-order valence-corrected chi connectivity index (χ2v) is 4.25. The zero-order valence-electron chi connectivity index (χ0n) is 10.1. The highest BCUT2D eigenvalue weighted by Gasteiger charge is 2.15. The molecule has 0 radical (unpaired) electrons. The maximum atomic E-state index is 11.8. The second-order valence-electron chi connectivity index (χ2n) is 4.25. The van der Waals surface area contributed by atoms with E-state index in [4.69, 9.17) is 4.74 Å². The Morgan fingerprint density at radius 1 is 1.41 bits per heavy atom. The first-order valence-electron chi connectivity index (χ1n) is 5.92. The van der Waals surface area contributed by atoms with Crippen LogP contribution in [-0.2, 0) is 11.3 Å². The molecule has 1 fully saturated rings. The molecule has 92 valence electrons. The Bertz CT molecular complexity index is 387. The minimum absolute atomic E-state index is 0.00481. The number of amides is 2. The number of carbonyl (C=O) groups is 1. The fraction of sp³-hybridized carbons (Fsp3) is 0.462. The molecule has 1 N–H and O–H groups in total. The molecule has 17 heavy (non-hydrogen) atoms. The van der Waals surface area contributed by atoms with Crippen LogP contribution in [0.5, 0.6) is 0 Å². The summed E-state index contributed by atoms with van der Waals surface area (Å²) in [5.74, 6) is 0. The van der Waals surface area contributed by atoms with Crippen molar-refractivity contribution in [2.75, 3.05) is 26.3 Å². The van der Waals surface area contributed by atoms with Gasteiger partial charge in [0.1, 0.15) is 0 Å². The molecule has 0 saturated carbocycles. The van der Waals surface area contributed by atoms with Gasteiger partial charge in [-0.3, -0.25) is 0 Å². The molecule has 1 saturated heterocycles. The molecule has 0 aliphatic carbocycles. The van der Waals surface area contributed by atoms with Crippen molar-refractivity contribution >= 4 is 6.03 Å². The Morgan fingerprint density at radius 2 is 2.18 bits per heavy atom. The third kappa shape index (κ3) is 3.46. The van der Waals surface area contributed by atoms with Gasteiger partial charge in [-0.25, -0.2) is 4.79 Å². The molecule has 1 aliphatic heterocycles. The van der Waals surface area contributed by atoms with Gasteiger partial charge in [-0.15, -0.1) is 0 Å².